The van der Waals surface area contributed by atoms with Gasteiger partial charge in [-0.1, -0.05) is 34.5 Å². The van der Waals surface area contributed by atoms with Crippen LogP contribution in [0.5, 0.6) is 0 Å². The quantitative estimate of drug-likeness (QED) is 0.779. The number of nitrogens with zero attached hydrogens (tertiary/aromatic N) is 2. The molecule has 0 radical (unpaired) electrons. The Kier molecular flexibility index (Phi) is 4.62. The molecule has 98 valence electrons. The molecule has 0 aliphatic carbocycles. The Morgan fingerprint density at radius 2 is 2.17 bits per heavy atom. The van der Waals surface area contributed by atoms with Crippen LogP contribution in [0.3, 0.4) is 0 Å². The first-order valence-corrected chi connectivity index (χ1v) is 7.42. The van der Waals surface area contributed by atoms with Crippen molar-refractivity contribution >= 4 is 33.4 Å². The van der Waals surface area contributed by atoms with Crippen LogP contribution in [-0.2, 0) is 0 Å². The molecule has 0 bridgehead atoms. The zero-order chi connectivity index (χ0) is 13.1. The van der Waals surface area contributed by atoms with E-state index in [9.17, 15) is 4.79 Å². The second-order valence-electron chi connectivity index (χ2n) is 4.67. The van der Waals surface area contributed by atoms with Gasteiger partial charge >= 0.3 is 0 Å². The van der Waals surface area contributed by atoms with E-state index in [1.54, 1.807) is 12.1 Å². The van der Waals surface area contributed by atoms with E-state index >= 15 is 0 Å². The lowest BCUT2D eigenvalue weighted by molar-refractivity contribution is 0.0685. The van der Waals surface area contributed by atoms with Crippen molar-refractivity contribution in [2.24, 2.45) is 5.92 Å². The van der Waals surface area contributed by atoms with Crippen LogP contribution in [0.15, 0.2) is 18.3 Å². The lowest BCUT2D eigenvalue weighted by atomic mass is 9.94. The van der Waals surface area contributed by atoms with Crippen molar-refractivity contribution in [1.29, 1.82) is 0 Å². The van der Waals surface area contributed by atoms with Crippen LogP contribution >= 0.6 is 27.5 Å². The van der Waals surface area contributed by atoms with E-state index in [1.807, 2.05) is 4.90 Å². The third-order valence-electron chi connectivity index (χ3n) is 3.42. The van der Waals surface area contributed by atoms with Crippen LogP contribution in [0.1, 0.15) is 30.3 Å². The van der Waals surface area contributed by atoms with Crippen LogP contribution in [-0.4, -0.2) is 33.7 Å². The average Bonchev–Trinajstić information content (AvgIpc) is 2.39. The number of hydrogen-bond donors (Lipinski definition) is 0. The molecule has 2 heterocycles. The molecular weight excluding hydrogens is 316 g/mol. The zero-order valence-corrected chi connectivity index (χ0v) is 12.6. The largest absolute Gasteiger partial charge is 0.337 e. The van der Waals surface area contributed by atoms with Gasteiger partial charge in [0.15, 0.2) is 0 Å². The summed E-state index contributed by atoms with van der Waals surface area (Å²) in [5.74, 6) is 0.666. The summed E-state index contributed by atoms with van der Waals surface area (Å²) in [5.41, 5.74) is 0.477. The van der Waals surface area contributed by atoms with Gasteiger partial charge in [0.1, 0.15) is 5.69 Å². The molecule has 1 atom stereocenters. The van der Waals surface area contributed by atoms with Crippen LogP contribution in [0.4, 0.5) is 0 Å². The molecule has 1 fully saturated rings. The minimum absolute atomic E-state index is 0.00680. The van der Waals surface area contributed by atoms with Crippen molar-refractivity contribution in [3.05, 3.63) is 29.0 Å². The monoisotopic (exact) mass is 330 g/mol. The number of carbonyl (C=O) groups is 1. The van der Waals surface area contributed by atoms with E-state index in [1.165, 1.54) is 6.20 Å². The van der Waals surface area contributed by atoms with E-state index in [0.717, 1.165) is 25.9 Å². The molecule has 0 aromatic carbocycles. The summed E-state index contributed by atoms with van der Waals surface area (Å²) in [4.78, 5) is 18.7. The molecule has 3 nitrogen and oxygen atoms in total. The number of likely N-dealkylation sites (tertiary alicyclic amines) is 1. The maximum absolute atomic E-state index is 12.2. The standard InChI is InChI=1S/C13H16BrClN2O/c1-9(14)10-4-6-17(7-5-10)13(18)12-3-2-11(15)8-16-12/h2-3,8-10H,4-7H2,1H3. The predicted molar refractivity (Wildman–Crippen MR) is 76.3 cm³/mol. The Labute approximate surface area is 121 Å². The van der Waals surface area contributed by atoms with Crippen molar-refractivity contribution in [3.8, 4) is 0 Å². The Hall–Kier alpha value is -0.610. The van der Waals surface area contributed by atoms with Gasteiger partial charge in [0.2, 0.25) is 0 Å². The molecule has 18 heavy (non-hydrogen) atoms. The van der Waals surface area contributed by atoms with Gasteiger partial charge < -0.3 is 4.90 Å². The fourth-order valence-electron chi connectivity index (χ4n) is 2.23. The number of amides is 1. The smallest absolute Gasteiger partial charge is 0.272 e. The SMILES string of the molecule is CC(Br)C1CCN(C(=O)c2ccc(Cl)cn2)CC1. The van der Waals surface area contributed by atoms with E-state index in [4.69, 9.17) is 11.6 Å². The lowest BCUT2D eigenvalue weighted by Gasteiger charge is -2.33. The second-order valence-corrected chi connectivity index (χ2v) is 6.55. The Bertz CT molecular complexity index is 414. The maximum Gasteiger partial charge on any atom is 0.272 e. The highest BCUT2D eigenvalue weighted by atomic mass is 79.9. The topological polar surface area (TPSA) is 33.2 Å². The predicted octanol–water partition coefficient (Wildman–Crippen LogP) is 3.37. The first kappa shape index (κ1) is 13.8. The molecule has 5 heteroatoms. The van der Waals surface area contributed by atoms with Crippen LogP contribution < -0.4 is 0 Å². The van der Waals surface area contributed by atoms with Gasteiger partial charge in [0.05, 0.1) is 5.02 Å². The molecule has 1 unspecified atom stereocenters. The fourth-order valence-corrected chi connectivity index (χ4v) is 2.87. The lowest BCUT2D eigenvalue weighted by Crippen LogP contribution is -2.40. The molecule has 0 saturated carbocycles. The Morgan fingerprint density at radius 1 is 1.50 bits per heavy atom. The van der Waals surface area contributed by atoms with Crippen molar-refractivity contribution in [2.75, 3.05) is 13.1 Å². The summed E-state index contributed by atoms with van der Waals surface area (Å²) < 4.78 is 0. The molecule has 1 aromatic heterocycles. The molecule has 1 aliphatic heterocycles. The van der Waals surface area contributed by atoms with Crippen molar-refractivity contribution in [1.82, 2.24) is 9.88 Å². The van der Waals surface area contributed by atoms with E-state index in [-0.39, 0.29) is 5.91 Å². The molecule has 1 amide bonds. The molecule has 0 N–H and O–H groups in total. The van der Waals surface area contributed by atoms with Gasteiger partial charge in [-0.05, 0) is 30.9 Å². The van der Waals surface area contributed by atoms with Crippen LogP contribution in [0.25, 0.3) is 0 Å². The van der Waals surface area contributed by atoms with Crippen molar-refractivity contribution in [3.63, 3.8) is 0 Å². The third kappa shape index (κ3) is 3.23. The van der Waals surface area contributed by atoms with Gasteiger partial charge in [0, 0.05) is 24.1 Å². The van der Waals surface area contributed by atoms with Crippen molar-refractivity contribution < 1.29 is 4.79 Å². The normalized spacial score (nSPS) is 18.7. The minimum Gasteiger partial charge on any atom is -0.337 e. The summed E-state index contributed by atoms with van der Waals surface area (Å²) in [5, 5.41) is 0.554. The van der Waals surface area contributed by atoms with Crippen molar-refractivity contribution in [2.45, 2.75) is 24.6 Å². The zero-order valence-electron chi connectivity index (χ0n) is 10.3. The fraction of sp³-hybridized carbons (Fsp3) is 0.538. The molecule has 1 aromatic rings. The number of piperidine rings is 1. The van der Waals surface area contributed by atoms with Crippen LogP contribution in [0.2, 0.25) is 5.02 Å². The van der Waals surface area contributed by atoms with Gasteiger partial charge in [-0.25, -0.2) is 4.98 Å². The number of aromatic nitrogens is 1. The number of hydrogen-bond acceptors (Lipinski definition) is 2. The number of pyridine rings is 1. The summed E-state index contributed by atoms with van der Waals surface area (Å²) >= 11 is 9.38. The summed E-state index contributed by atoms with van der Waals surface area (Å²) in [6.07, 6.45) is 3.61. The van der Waals surface area contributed by atoms with Gasteiger partial charge in [-0.3, -0.25) is 4.79 Å². The van der Waals surface area contributed by atoms with Gasteiger partial charge in [0.25, 0.3) is 5.91 Å². The highest BCUT2D eigenvalue weighted by molar-refractivity contribution is 9.09. The van der Waals surface area contributed by atoms with Gasteiger partial charge in [-0.15, -0.1) is 0 Å². The first-order valence-electron chi connectivity index (χ1n) is 6.13. The highest BCUT2D eigenvalue weighted by Crippen LogP contribution is 2.25. The Morgan fingerprint density at radius 3 is 2.67 bits per heavy atom. The number of carbonyl (C=O) groups excluding carboxylic acids is 1. The first-order chi connectivity index (χ1) is 8.58. The number of rotatable bonds is 2. The average molecular weight is 332 g/mol. The second kappa shape index (κ2) is 6.02. The number of halogens is 2. The highest BCUT2D eigenvalue weighted by Gasteiger charge is 2.26. The van der Waals surface area contributed by atoms with E-state index in [2.05, 4.69) is 27.8 Å². The molecule has 0 spiro atoms. The molecular formula is C13H16BrClN2O. The van der Waals surface area contributed by atoms with Gasteiger partial charge in [-0.2, -0.15) is 0 Å². The third-order valence-corrected chi connectivity index (χ3v) is 4.39. The molecule has 2 rings (SSSR count). The van der Waals surface area contributed by atoms with E-state index < -0.39 is 0 Å². The molecule has 1 saturated heterocycles. The summed E-state index contributed by atoms with van der Waals surface area (Å²) in [6, 6.07) is 3.39. The van der Waals surface area contributed by atoms with Crippen LogP contribution in [0, 0.1) is 5.92 Å². The Balaban J connectivity index is 1.97. The summed E-state index contributed by atoms with van der Waals surface area (Å²) in [7, 11) is 0. The van der Waals surface area contributed by atoms with E-state index in [0.29, 0.717) is 21.5 Å². The maximum atomic E-state index is 12.2. The minimum atomic E-state index is 0.00680. The molecule has 1 aliphatic rings. The number of alkyl halides is 1. The summed E-state index contributed by atoms with van der Waals surface area (Å²) in [6.45, 7) is 3.79.